The minimum absolute atomic E-state index is 0.0485. The Morgan fingerprint density at radius 3 is 2.45 bits per heavy atom. The quantitative estimate of drug-likeness (QED) is 0.253. The smallest absolute Gasteiger partial charge is 0.277 e. The maximum Gasteiger partial charge on any atom is 0.277 e. The molecule has 1 amide bonds. The van der Waals surface area contributed by atoms with E-state index in [9.17, 15) is 21.6 Å². The van der Waals surface area contributed by atoms with E-state index in [2.05, 4.69) is 25.6 Å². The Morgan fingerprint density at radius 1 is 1.09 bits per heavy atom. The first-order valence-corrected chi connectivity index (χ1v) is 13.1. The molecule has 0 unspecified atom stereocenters. The second-order valence-electron chi connectivity index (χ2n) is 6.74. The number of thiazole rings is 1. The lowest BCUT2D eigenvalue weighted by molar-refractivity contribution is 0.1000. The summed E-state index contributed by atoms with van der Waals surface area (Å²) in [7, 11) is -8.75. The largest absolute Gasteiger partial charge is 0.364 e. The van der Waals surface area contributed by atoms with Gasteiger partial charge in [-0.05, 0) is 22.9 Å². The van der Waals surface area contributed by atoms with E-state index in [4.69, 9.17) is 16.6 Å². The Hall–Kier alpha value is -3.31. The first-order chi connectivity index (χ1) is 15.5. The first-order valence-electron chi connectivity index (χ1n) is 9.10. The summed E-state index contributed by atoms with van der Waals surface area (Å²) in [6.45, 7) is -0.236. The Morgan fingerprint density at radius 2 is 1.85 bits per heavy atom. The molecule has 2 aromatic heterocycles. The van der Waals surface area contributed by atoms with Gasteiger partial charge in [-0.2, -0.15) is 5.21 Å². The molecule has 4 rings (SSSR count). The third-order valence-electron chi connectivity index (χ3n) is 4.62. The lowest BCUT2D eigenvalue weighted by atomic mass is 9.98. The molecule has 33 heavy (non-hydrogen) atoms. The Labute approximate surface area is 191 Å². The summed E-state index contributed by atoms with van der Waals surface area (Å²) in [5.74, 6) is -1.44. The predicted octanol–water partition coefficient (Wildman–Crippen LogP) is -0.378. The SMILES string of the molecule is NCCS(=O)(=O)c1ccc(-c2cccc3sc(C(N)=O)nc23)c(-c2nn[nH]n2)c1S(N)(=O)=O. The molecule has 0 fully saturated rings. The van der Waals surface area contributed by atoms with Crippen molar-refractivity contribution in [2.75, 3.05) is 12.3 Å². The van der Waals surface area contributed by atoms with E-state index in [-0.39, 0.29) is 28.5 Å². The van der Waals surface area contributed by atoms with Gasteiger partial charge in [0.2, 0.25) is 15.8 Å². The van der Waals surface area contributed by atoms with Gasteiger partial charge in [-0.25, -0.2) is 27.0 Å². The molecule has 0 atom stereocenters. The number of benzene rings is 2. The minimum atomic E-state index is -4.62. The zero-order chi connectivity index (χ0) is 24.0. The zero-order valence-corrected chi connectivity index (χ0v) is 19.0. The second-order valence-corrected chi connectivity index (χ2v) is 11.3. The zero-order valence-electron chi connectivity index (χ0n) is 16.6. The van der Waals surface area contributed by atoms with E-state index in [0.717, 1.165) is 17.4 Å². The van der Waals surface area contributed by atoms with Gasteiger partial charge in [0, 0.05) is 12.1 Å². The van der Waals surface area contributed by atoms with Gasteiger partial charge in [0.15, 0.2) is 14.8 Å². The molecule has 172 valence electrons. The highest BCUT2D eigenvalue weighted by Crippen LogP contribution is 2.41. The fourth-order valence-electron chi connectivity index (χ4n) is 3.34. The van der Waals surface area contributed by atoms with Gasteiger partial charge >= 0.3 is 0 Å². The number of rotatable bonds is 7. The number of tetrazole rings is 1. The van der Waals surface area contributed by atoms with Crippen LogP contribution in [0.15, 0.2) is 40.1 Å². The van der Waals surface area contributed by atoms with Crippen molar-refractivity contribution in [2.24, 2.45) is 16.6 Å². The summed E-state index contributed by atoms with van der Waals surface area (Å²) in [4.78, 5) is 14.7. The molecule has 2 aromatic carbocycles. The Bertz CT molecular complexity index is 1600. The van der Waals surface area contributed by atoms with E-state index >= 15 is 0 Å². The predicted molar refractivity (Wildman–Crippen MR) is 119 cm³/mol. The number of primary amides is 1. The third-order valence-corrected chi connectivity index (χ3v) is 8.56. The highest BCUT2D eigenvalue weighted by atomic mass is 32.2. The van der Waals surface area contributed by atoms with Crippen LogP contribution in [0.3, 0.4) is 0 Å². The van der Waals surface area contributed by atoms with Crippen LogP contribution in [0.1, 0.15) is 9.80 Å². The number of sulfone groups is 1. The number of carbonyl (C=O) groups excluding carboxylic acids is 1. The summed E-state index contributed by atoms with van der Waals surface area (Å²) in [5.41, 5.74) is 11.5. The molecule has 0 aliphatic rings. The summed E-state index contributed by atoms with van der Waals surface area (Å²) < 4.78 is 51.6. The van der Waals surface area contributed by atoms with Crippen LogP contribution in [0.2, 0.25) is 0 Å². The number of aromatic nitrogens is 5. The second kappa shape index (κ2) is 8.23. The molecule has 0 aliphatic heterocycles. The van der Waals surface area contributed by atoms with Crippen LogP contribution in [-0.4, -0.2) is 60.6 Å². The summed E-state index contributed by atoms with van der Waals surface area (Å²) in [5, 5.41) is 18.9. The molecule has 0 bridgehead atoms. The van der Waals surface area contributed by atoms with Crippen molar-refractivity contribution >= 4 is 47.3 Å². The number of nitrogens with one attached hydrogen (secondary N) is 1. The average Bonchev–Trinajstić information content (AvgIpc) is 3.41. The fourth-order valence-corrected chi connectivity index (χ4v) is 6.94. The van der Waals surface area contributed by atoms with Crippen molar-refractivity contribution in [3.05, 3.63) is 35.3 Å². The first kappa shape index (κ1) is 22.9. The maximum atomic E-state index is 12.8. The molecule has 0 aliphatic carbocycles. The number of carbonyl (C=O) groups is 1. The van der Waals surface area contributed by atoms with Gasteiger partial charge in [-0.1, -0.05) is 18.2 Å². The van der Waals surface area contributed by atoms with Crippen LogP contribution in [0.25, 0.3) is 32.7 Å². The number of hydrogen-bond donors (Lipinski definition) is 4. The summed E-state index contributed by atoms with van der Waals surface area (Å²) >= 11 is 1.05. The van der Waals surface area contributed by atoms with E-state index in [1.807, 2.05) is 0 Å². The van der Waals surface area contributed by atoms with Gasteiger partial charge in [-0.15, -0.1) is 21.5 Å². The van der Waals surface area contributed by atoms with E-state index in [0.29, 0.717) is 15.8 Å². The van der Waals surface area contributed by atoms with Crippen LogP contribution in [0, 0.1) is 0 Å². The van der Waals surface area contributed by atoms with Gasteiger partial charge in [-0.3, -0.25) is 4.79 Å². The Kier molecular flexibility index (Phi) is 5.71. The highest BCUT2D eigenvalue weighted by Gasteiger charge is 2.32. The number of fused-ring (bicyclic) bond motifs is 1. The molecule has 0 radical (unpaired) electrons. The minimum Gasteiger partial charge on any atom is -0.364 e. The van der Waals surface area contributed by atoms with Crippen LogP contribution in [-0.2, 0) is 19.9 Å². The average molecular weight is 509 g/mol. The molecular weight excluding hydrogens is 492 g/mol. The normalized spacial score (nSPS) is 12.3. The topological polar surface area (TPSA) is 231 Å². The van der Waals surface area contributed by atoms with Crippen molar-refractivity contribution in [3.8, 4) is 22.5 Å². The highest BCUT2D eigenvalue weighted by molar-refractivity contribution is 7.93. The number of aromatic amines is 1. The molecule has 0 saturated carbocycles. The van der Waals surface area contributed by atoms with Crippen molar-refractivity contribution in [1.82, 2.24) is 25.6 Å². The number of primary sulfonamides is 1. The lowest BCUT2D eigenvalue weighted by Gasteiger charge is -2.16. The van der Waals surface area contributed by atoms with Gasteiger partial charge in [0.1, 0.15) is 4.90 Å². The van der Waals surface area contributed by atoms with Crippen molar-refractivity contribution < 1.29 is 21.6 Å². The van der Waals surface area contributed by atoms with Crippen LogP contribution in [0.5, 0.6) is 0 Å². The number of para-hydroxylation sites is 1. The summed E-state index contributed by atoms with van der Waals surface area (Å²) in [6, 6.07) is 7.51. The molecule has 16 heteroatoms. The lowest BCUT2D eigenvalue weighted by Crippen LogP contribution is -2.22. The van der Waals surface area contributed by atoms with Gasteiger partial charge in [0.05, 0.1) is 26.4 Å². The van der Waals surface area contributed by atoms with Gasteiger partial charge in [0.25, 0.3) is 5.91 Å². The molecule has 0 spiro atoms. The van der Waals surface area contributed by atoms with E-state index in [1.165, 1.54) is 6.07 Å². The number of amides is 1. The molecule has 0 saturated heterocycles. The Balaban J connectivity index is 2.16. The van der Waals surface area contributed by atoms with Crippen LogP contribution >= 0.6 is 11.3 Å². The maximum absolute atomic E-state index is 12.8. The summed E-state index contributed by atoms with van der Waals surface area (Å²) in [6.07, 6.45) is 0. The number of sulfonamides is 1. The van der Waals surface area contributed by atoms with Crippen molar-refractivity contribution in [3.63, 3.8) is 0 Å². The monoisotopic (exact) mass is 508 g/mol. The van der Waals surface area contributed by atoms with Crippen LogP contribution < -0.4 is 16.6 Å². The van der Waals surface area contributed by atoms with E-state index < -0.39 is 41.3 Å². The molecule has 2 heterocycles. The third kappa shape index (κ3) is 4.09. The molecule has 4 aromatic rings. The number of nitrogens with two attached hydrogens (primary N) is 3. The number of hydrogen-bond acceptors (Lipinski definition) is 11. The number of nitrogens with zero attached hydrogens (tertiary/aromatic N) is 4. The van der Waals surface area contributed by atoms with E-state index in [1.54, 1.807) is 18.2 Å². The molecule has 13 nitrogen and oxygen atoms in total. The molecule has 7 N–H and O–H groups in total. The van der Waals surface area contributed by atoms with Crippen molar-refractivity contribution in [2.45, 2.75) is 9.79 Å². The van der Waals surface area contributed by atoms with Gasteiger partial charge < -0.3 is 11.5 Å². The van der Waals surface area contributed by atoms with Crippen LogP contribution in [0.4, 0.5) is 0 Å². The fraction of sp³-hybridized carbons (Fsp3) is 0.118. The van der Waals surface area contributed by atoms with Crippen molar-refractivity contribution in [1.29, 1.82) is 0 Å². The number of H-pyrrole nitrogens is 1. The molecular formula is C17H16N8O5S3. The standard InChI is InChI=1S/C17H16N8O5S3/c18-6-7-32(27,28)11-5-4-8(12(14(11)33(20,29)30)16-22-24-25-23-16)9-2-1-3-10-13(9)21-17(31-10)15(19)26/h1-5H,6-7,18H2,(H2,19,26)(H2,20,29,30)(H,22,23,24,25).